The number of carbonyl (C=O) groups excluding carboxylic acids is 1. The fourth-order valence-electron chi connectivity index (χ4n) is 5.12. The number of piperidine rings is 1. The van der Waals surface area contributed by atoms with Crippen molar-refractivity contribution in [2.75, 3.05) is 56.4 Å². The second kappa shape index (κ2) is 14.3. The number of benzene rings is 1. The van der Waals surface area contributed by atoms with Crippen LogP contribution in [0, 0.1) is 5.82 Å². The summed E-state index contributed by atoms with van der Waals surface area (Å²) in [5.41, 5.74) is 12.6. The molecule has 0 radical (unpaired) electrons. The molecule has 3 heterocycles. The molecule has 5 N–H and O–H groups in total. The number of nitrogens with zero attached hydrogens (tertiary/aromatic N) is 5. The minimum atomic E-state index is -0.433. The summed E-state index contributed by atoms with van der Waals surface area (Å²) >= 11 is 6.43. The largest absolute Gasteiger partial charge is 0.382 e. The fraction of sp³-hybridized carbons (Fsp3) is 0.577. The van der Waals surface area contributed by atoms with E-state index in [0.29, 0.717) is 36.3 Å². The Balaban J connectivity index is 0.00000195. The Labute approximate surface area is 232 Å². The molecule has 12 heteroatoms. The number of nitrogens with two attached hydrogens (primary N) is 2. The van der Waals surface area contributed by atoms with E-state index in [2.05, 4.69) is 46.1 Å². The van der Waals surface area contributed by atoms with Crippen molar-refractivity contribution in [3.05, 3.63) is 40.4 Å². The summed E-state index contributed by atoms with van der Waals surface area (Å²) in [6.07, 6.45) is 2.19. The lowest BCUT2D eigenvalue weighted by Crippen LogP contribution is -2.57. The van der Waals surface area contributed by atoms with E-state index in [1.54, 1.807) is 6.07 Å². The zero-order chi connectivity index (χ0) is 27.8. The van der Waals surface area contributed by atoms with Crippen molar-refractivity contribution in [2.24, 2.45) is 5.73 Å². The molecular formula is C26H41ClFN8OP. The first-order valence-electron chi connectivity index (χ1n) is 13.3. The molecule has 0 bridgehead atoms. The van der Waals surface area contributed by atoms with Gasteiger partial charge in [-0.3, -0.25) is 14.6 Å². The van der Waals surface area contributed by atoms with Gasteiger partial charge in [-0.1, -0.05) is 31.5 Å². The number of carbonyl (C=O) groups is 1. The van der Waals surface area contributed by atoms with Gasteiger partial charge in [-0.2, -0.15) is 0 Å². The number of halogens is 2. The van der Waals surface area contributed by atoms with Gasteiger partial charge in [0.05, 0.1) is 0 Å². The van der Waals surface area contributed by atoms with Crippen LogP contribution in [0.5, 0.6) is 0 Å². The summed E-state index contributed by atoms with van der Waals surface area (Å²) in [5, 5.41) is 3.43. The molecule has 2 atom stereocenters. The Morgan fingerprint density at radius 3 is 2.55 bits per heavy atom. The van der Waals surface area contributed by atoms with Gasteiger partial charge in [0.2, 0.25) is 0 Å². The molecular weight excluding hydrogens is 526 g/mol. The number of nitrogen functional groups attached to an aromatic ring is 1. The Kier molecular flexibility index (Phi) is 11.5. The lowest BCUT2D eigenvalue weighted by molar-refractivity contribution is 0.0690. The topological polar surface area (TPSA) is 117 Å². The van der Waals surface area contributed by atoms with Gasteiger partial charge < -0.3 is 21.7 Å². The fourth-order valence-corrected chi connectivity index (χ4v) is 5.68. The third kappa shape index (κ3) is 7.51. The molecule has 1 unspecified atom stereocenters. The summed E-state index contributed by atoms with van der Waals surface area (Å²) in [6.45, 7) is 12.1. The Morgan fingerprint density at radius 1 is 1.21 bits per heavy atom. The maximum atomic E-state index is 13.6. The van der Waals surface area contributed by atoms with Crippen molar-refractivity contribution < 1.29 is 9.18 Å². The van der Waals surface area contributed by atoms with Crippen molar-refractivity contribution in [3.63, 3.8) is 0 Å². The zero-order valence-corrected chi connectivity index (χ0v) is 24.5. The Hall–Kier alpha value is -2.10. The number of amides is 1. The summed E-state index contributed by atoms with van der Waals surface area (Å²) < 4.78 is 13.6. The average Bonchev–Trinajstić information content (AvgIpc) is 2.92. The van der Waals surface area contributed by atoms with Gasteiger partial charge in [-0.15, -0.1) is 9.24 Å². The van der Waals surface area contributed by atoms with Crippen LogP contribution in [-0.2, 0) is 6.54 Å². The van der Waals surface area contributed by atoms with Gasteiger partial charge in [-0.25, -0.2) is 14.4 Å². The summed E-state index contributed by atoms with van der Waals surface area (Å²) in [4.78, 5) is 28.0. The highest BCUT2D eigenvalue weighted by Gasteiger charge is 2.33. The van der Waals surface area contributed by atoms with E-state index in [1.807, 2.05) is 26.0 Å². The van der Waals surface area contributed by atoms with Crippen molar-refractivity contribution >= 4 is 43.7 Å². The number of hydrogen-bond acceptors (Lipinski definition) is 8. The van der Waals surface area contributed by atoms with Crippen LogP contribution in [0.3, 0.4) is 0 Å². The molecule has 2 aliphatic rings. The second-order valence-electron chi connectivity index (χ2n) is 9.51. The molecule has 2 aromatic rings. The molecule has 0 spiro atoms. The van der Waals surface area contributed by atoms with Gasteiger partial charge in [0, 0.05) is 56.7 Å². The van der Waals surface area contributed by atoms with Crippen LogP contribution in [-0.4, -0.2) is 83.6 Å². The van der Waals surface area contributed by atoms with Gasteiger partial charge >= 0.3 is 0 Å². The lowest BCUT2D eigenvalue weighted by Gasteiger charge is -2.46. The number of rotatable bonds is 7. The first kappa shape index (κ1) is 30.4. The van der Waals surface area contributed by atoms with E-state index in [4.69, 9.17) is 23.1 Å². The summed E-state index contributed by atoms with van der Waals surface area (Å²) in [7, 11) is 2.46. The minimum Gasteiger partial charge on any atom is -0.382 e. The zero-order valence-electron chi connectivity index (χ0n) is 22.6. The highest BCUT2D eigenvalue weighted by Crippen LogP contribution is 2.29. The number of aromatic nitrogens is 2. The van der Waals surface area contributed by atoms with E-state index in [1.165, 1.54) is 0 Å². The van der Waals surface area contributed by atoms with Gasteiger partial charge in [-0.05, 0) is 50.6 Å². The van der Waals surface area contributed by atoms with Crippen molar-refractivity contribution in [2.45, 2.75) is 52.2 Å². The predicted molar refractivity (Wildman–Crippen MR) is 157 cm³/mol. The van der Waals surface area contributed by atoms with Crippen LogP contribution in [0.4, 0.5) is 16.0 Å². The van der Waals surface area contributed by atoms with Crippen LogP contribution in [0.1, 0.15) is 49.7 Å². The van der Waals surface area contributed by atoms with Gasteiger partial charge in [0.1, 0.15) is 5.82 Å². The number of likely N-dealkylation sites (tertiary alicyclic amines) is 1. The maximum Gasteiger partial charge on any atom is 0.273 e. The van der Waals surface area contributed by atoms with Crippen LogP contribution < -0.4 is 27.0 Å². The molecule has 1 amide bonds. The number of anilines is 2. The second-order valence-corrected chi connectivity index (χ2v) is 10.5. The van der Waals surface area contributed by atoms with E-state index < -0.39 is 5.91 Å². The highest BCUT2D eigenvalue weighted by molar-refractivity contribution is 7.27. The Bertz CT molecular complexity index is 1090. The number of piperazine rings is 1. The smallest absolute Gasteiger partial charge is 0.273 e. The van der Waals surface area contributed by atoms with Crippen LogP contribution >= 0.6 is 20.8 Å². The van der Waals surface area contributed by atoms with Crippen LogP contribution in [0.25, 0.3) is 0 Å². The minimum absolute atomic E-state index is 0.0187. The molecule has 2 saturated heterocycles. The molecule has 9 nitrogen and oxygen atoms in total. The van der Waals surface area contributed by atoms with Gasteiger partial charge in [0.25, 0.3) is 5.91 Å². The molecule has 1 aromatic carbocycles. The third-order valence-corrected chi connectivity index (χ3v) is 7.68. The quantitative estimate of drug-likeness (QED) is 0.437. The molecule has 2 fully saturated rings. The number of nitrogens with one attached hydrogen (secondary N) is 1. The molecule has 1 aromatic heterocycles. The summed E-state index contributed by atoms with van der Waals surface area (Å²) in [5.74, 6) is -0.0497. The first-order chi connectivity index (χ1) is 18.3. The number of hydrogen-bond donors (Lipinski definition) is 3. The molecule has 38 heavy (non-hydrogen) atoms. The highest BCUT2D eigenvalue weighted by atomic mass is 35.5. The molecule has 0 saturated carbocycles. The van der Waals surface area contributed by atoms with Crippen LogP contribution in [0.2, 0.25) is 5.15 Å². The van der Waals surface area contributed by atoms with Crippen LogP contribution in [0.15, 0.2) is 18.2 Å². The predicted octanol–water partition coefficient (Wildman–Crippen LogP) is 2.24. The molecule has 0 aliphatic carbocycles. The van der Waals surface area contributed by atoms with E-state index in [9.17, 15) is 9.18 Å². The monoisotopic (exact) mass is 566 g/mol. The normalized spacial score (nSPS) is 19.1. The van der Waals surface area contributed by atoms with Crippen molar-refractivity contribution in [1.82, 2.24) is 25.1 Å². The summed E-state index contributed by atoms with van der Waals surface area (Å²) in [6, 6.07) is 6.14. The third-order valence-electron chi connectivity index (χ3n) is 6.98. The van der Waals surface area contributed by atoms with Crippen molar-refractivity contribution in [1.29, 1.82) is 0 Å². The molecule has 210 valence electrons. The molecule has 2 aliphatic heterocycles. The van der Waals surface area contributed by atoms with E-state index in [-0.39, 0.29) is 22.5 Å². The SMILES string of the molecule is CC.C[C@H]1CN(c2nc(N)c(C(=O)NCCN)nc2Cl)CCN1C1CCN(Cc2ccc(F)c(P)c2)CC1. The first-order valence-corrected chi connectivity index (χ1v) is 14.3. The standard InChI is InChI=1S/C24H35ClFN8OP.C2H6/c1-15-13-33(23-21(25)30-20(22(28)31-23)24(35)29-7-6-27)10-11-34(15)17-4-8-32(9-5-17)14-16-2-3-18(26)19(36)12-16;1-2/h2-3,12,15,17H,4-11,13-14,27,36H2,1H3,(H2,28,31)(H,29,35);1-2H3/t15-;/m0./s1. The van der Waals surface area contributed by atoms with E-state index >= 15 is 0 Å². The van der Waals surface area contributed by atoms with Crippen molar-refractivity contribution in [3.8, 4) is 0 Å². The lowest BCUT2D eigenvalue weighted by atomic mass is 9.99. The average molecular weight is 567 g/mol. The van der Waals surface area contributed by atoms with Gasteiger partial charge in [0.15, 0.2) is 22.5 Å². The Morgan fingerprint density at radius 2 is 1.92 bits per heavy atom. The maximum absolute atomic E-state index is 13.6. The van der Waals surface area contributed by atoms with E-state index in [0.717, 1.165) is 57.7 Å². The molecule has 4 rings (SSSR count).